The van der Waals surface area contributed by atoms with Crippen molar-refractivity contribution in [1.29, 1.82) is 0 Å². The van der Waals surface area contributed by atoms with Crippen molar-refractivity contribution in [3.05, 3.63) is 11.9 Å². The van der Waals surface area contributed by atoms with Gasteiger partial charge in [-0.15, -0.1) is 0 Å². The quantitative estimate of drug-likeness (QED) is 0.564. The third-order valence-electron chi connectivity index (χ3n) is 1.37. The molecule has 1 aromatic rings. The smallest absolute Gasteiger partial charge is 0.260 e. The van der Waals surface area contributed by atoms with Gasteiger partial charge < -0.3 is 11.5 Å². The van der Waals surface area contributed by atoms with E-state index < -0.39 is 0 Å². The Balaban J connectivity index is 2.97. The fourth-order valence-corrected chi connectivity index (χ4v) is 0.695. The molecule has 0 aliphatic carbocycles. The largest absolute Gasteiger partial charge is 0.396 e. The summed E-state index contributed by atoms with van der Waals surface area (Å²) in [6.07, 6.45) is 1.46. The monoisotopic (exact) mass is 154 g/mol. The molecule has 0 atom stereocenters. The fraction of sp³-hybridized carbons (Fsp3) is 0.333. The molecule has 0 radical (unpaired) electrons. The van der Waals surface area contributed by atoms with Crippen LogP contribution in [0.1, 0.15) is 10.5 Å². The summed E-state index contributed by atoms with van der Waals surface area (Å²) in [6.45, 7) is 1.68. The lowest BCUT2D eigenvalue weighted by Crippen LogP contribution is -2.21. The predicted octanol–water partition coefficient (Wildman–Crippen LogP) is -0.627. The summed E-state index contributed by atoms with van der Waals surface area (Å²) in [6, 6.07) is 0. The fourth-order valence-electron chi connectivity index (χ4n) is 0.695. The number of nitrogens with two attached hydrogens (primary N) is 2. The van der Waals surface area contributed by atoms with Gasteiger partial charge in [-0.05, 0) is 6.92 Å². The second kappa shape index (κ2) is 2.71. The summed E-state index contributed by atoms with van der Waals surface area (Å²) < 4.78 is 1.16. The first kappa shape index (κ1) is 7.74. The Morgan fingerprint density at radius 2 is 2.45 bits per heavy atom. The van der Waals surface area contributed by atoms with Gasteiger partial charge in [0.2, 0.25) is 0 Å². The number of aromatic nitrogens is 2. The van der Waals surface area contributed by atoms with Crippen LogP contribution in [0.4, 0.5) is 5.69 Å². The van der Waals surface area contributed by atoms with E-state index in [1.807, 2.05) is 0 Å². The van der Waals surface area contributed by atoms with Gasteiger partial charge in [-0.1, -0.05) is 0 Å². The molecule has 5 nitrogen and oxygen atoms in total. The molecule has 0 unspecified atom stereocenters. The number of nitrogens with zero attached hydrogens (tertiary/aromatic N) is 2. The van der Waals surface area contributed by atoms with E-state index in [-0.39, 0.29) is 12.5 Å². The van der Waals surface area contributed by atoms with E-state index in [2.05, 4.69) is 5.10 Å². The molecular formula is C6H10N4O. The number of hydrogen-bond donors (Lipinski definition) is 2. The molecule has 60 valence electrons. The van der Waals surface area contributed by atoms with E-state index in [1.165, 1.54) is 6.20 Å². The summed E-state index contributed by atoms with van der Waals surface area (Å²) in [4.78, 5) is 10.9. The predicted molar refractivity (Wildman–Crippen MR) is 41.1 cm³/mol. The molecule has 0 aliphatic heterocycles. The normalized spacial score (nSPS) is 10.0. The highest BCUT2D eigenvalue weighted by Crippen LogP contribution is 2.05. The number of aryl methyl sites for hydroxylation is 1. The maximum Gasteiger partial charge on any atom is 0.260 e. The van der Waals surface area contributed by atoms with E-state index in [0.717, 1.165) is 4.68 Å². The van der Waals surface area contributed by atoms with Crippen molar-refractivity contribution in [3.8, 4) is 0 Å². The SMILES string of the molecule is Cc1nn(C(=O)CN)cc1N. The minimum atomic E-state index is -0.259. The van der Waals surface area contributed by atoms with Crippen molar-refractivity contribution in [2.24, 2.45) is 5.73 Å². The molecular weight excluding hydrogens is 144 g/mol. The zero-order valence-corrected chi connectivity index (χ0v) is 6.24. The van der Waals surface area contributed by atoms with Crippen molar-refractivity contribution in [2.45, 2.75) is 6.92 Å². The molecule has 0 aromatic carbocycles. The number of carbonyl (C=O) groups is 1. The molecule has 4 N–H and O–H groups in total. The maximum atomic E-state index is 10.9. The third kappa shape index (κ3) is 1.38. The van der Waals surface area contributed by atoms with Crippen molar-refractivity contribution in [3.63, 3.8) is 0 Å². The Kier molecular flexibility index (Phi) is 1.91. The molecule has 0 fully saturated rings. The highest BCUT2D eigenvalue weighted by atomic mass is 16.2. The molecule has 1 rings (SSSR count). The lowest BCUT2D eigenvalue weighted by atomic mass is 10.4. The summed E-state index contributed by atoms with van der Waals surface area (Å²) in [5.41, 5.74) is 11.7. The highest BCUT2D eigenvalue weighted by Gasteiger charge is 2.05. The lowest BCUT2D eigenvalue weighted by Gasteiger charge is -1.92. The molecule has 0 saturated heterocycles. The maximum absolute atomic E-state index is 10.9. The van der Waals surface area contributed by atoms with Crippen molar-refractivity contribution in [2.75, 3.05) is 12.3 Å². The van der Waals surface area contributed by atoms with E-state index >= 15 is 0 Å². The van der Waals surface area contributed by atoms with E-state index in [9.17, 15) is 4.79 Å². The van der Waals surface area contributed by atoms with E-state index in [0.29, 0.717) is 11.4 Å². The minimum Gasteiger partial charge on any atom is -0.396 e. The average Bonchev–Trinajstić information content (AvgIpc) is 2.31. The number of hydrogen-bond acceptors (Lipinski definition) is 4. The molecule has 1 aromatic heterocycles. The van der Waals surface area contributed by atoms with E-state index in [1.54, 1.807) is 6.92 Å². The number of rotatable bonds is 1. The van der Waals surface area contributed by atoms with Crippen LogP contribution in [0, 0.1) is 6.92 Å². The summed E-state index contributed by atoms with van der Waals surface area (Å²) in [5.74, 6) is -0.259. The first-order chi connectivity index (χ1) is 5.15. The molecule has 0 aliphatic rings. The van der Waals surface area contributed by atoms with Gasteiger partial charge >= 0.3 is 0 Å². The first-order valence-corrected chi connectivity index (χ1v) is 3.20. The molecule has 11 heavy (non-hydrogen) atoms. The highest BCUT2D eigenvalue weighted by molar-refractivity contribution is 5.80. The van der Waals surface area contributed by atoms with Crippen molar-refractivity contribution in [1.82, 2.24) is 9.78 Å². The molecule has 0 amide bonds. The van der Waals surface area contributed by atoms with Crippen LogP contribution in [0.3, 0.4) is 0 Å². The van der Waals surface area contributed by atoms with Gasteiger partial charge in [0, 0.05) is 0 Å². The summed E-state index contributed by atoms with van der Waals surface area (Å²) >= 11 is 0. The van der Waals surface area contributed by atoms with Crippen LogP contribution in [-0.2, 0) is 0 Å². The number of carbonyl (C=O) groups excluding carboxylic acids is 1. The van der Waals surface area contributed by atoms with E-state index in [4.69, 9.17) is 11.5 Å². The molecule has 0 spiro atoms. The standard InChI is InChI=1S/C6H10N4O/c1-4-5(8)3-10(9-4)6(11)2-7/h3H,2,7-8H2,1H3. The van der Waals surface area contributed by atoms with Gasteiger partial charge in [-0.25, -0.2) is 4.68 Å². The zero-order chi connectivity index (χ0) is 8.43. The minimum absolute atomic E-state index is 0.0550. The number of anilines is 1. The van der Waals surface area contributed by atoms with Crippen LogP contribution in [0.25, 0.3) is 0 Å². The third-order valence-corrected chi connectivity index (χ3v) is 1.37. The Morgan fingerprint density at radius 1 is 1.82 bits per heavy atom. The Bertz CT molecular complexity index is 259. The molecule has 1 heterocycles. The van der Waals surface area contributed by atoms with Gasteiger partial charge in [0.15, 0.2) is 0 Å². The average molecular weight is 154 g/mol. The second-order valence-corrected chi connectivity index (χ2v) is 2.21. The van der Waals surface area contributed by atoms with Gasteiger partial charge in [-0.3, -0.25) is 4.79 Å². The van der Waals surface area contributed by atoms with Crippen molar-refractivity contribution < 1.29 is 4.79 Å². The Morgan fingerprint density at radius 3 is 2.82 bits per heavy atom. The van der Waals surface area contributed by atoms with Gasteiger partial charge in [-0.2, -0.15) is 5.10 Å². The Hall–Kier alpha value is -1.36. The molecule has 0 saturated carbocycles. The summed E-state index contributed by atoms with van der Waals surface area (Å²) in [7, 11) is 0. The van der Waals surface area contributed by atoms with Crippen LogP contribution >= 0.6 is 0 Å². The zero-order valence-electron chi connectivity index (χ0n) is 6.24. The van der Waals surface area contributed by atoms with Crippen LogP contribution in [0.2, 0.25) is 0 Å². The van der Waals surface area contributed by atoms with Crippen LogP contribution < -0.4 is 11.5 Å². The topological polar surface area (TPSA) is 86.9 Å². The summed E-state index contributed by atoms with van der Waals surface area (Å²) in [5, 5.41) is 3.84. The van der Waals surface area contributed by atoms with Gasteiger partial charge in [0.1, 0.15) is 0 Å². The second-order valence-electron chi connectivity index (χ2n) is 2.21. The first-order valence-electron chi connectivity index (χ1n) is 3.20. The van der Waals surface area contributed by atoms with Gasteiger partial charge in [0.05, 0.1) is 24.1 Å². The number of nitrogen functional groups attached to an aromatic ring is 1. The lowest BCUT2D eigenvalue weighted by molar-refractivity contribution is 0.0907. The molecule has 0 bridgehead atoms. The van der Waals surface area contributed by atoms with Gasteiger partial charge in [0.25, 0.3) is 5.91 Å². The molecule has 5 heteroatoms. The van der Waals surface area contributed by atoms with Crippen molar-refractivity contribution >= 4 is 11.6 Å². The van der Waals surface area contributed by atoms with Crippen LogP contribution in [0.15, 0.2) is 6.20 Å². The Labute approximate surface area is 64.0 Å². The van der Waals surface area contributed by atoms with Crippen LogP contribution in [0.5, 0.6) is 0 Å². The van der Waals surface area contributed by atoms with Crippen LogP contribution in [-0.4, -0.2) is 22.2 Å².